The number of amides is 1. The summed E-state index contributed by atoms with van der Waals surface area (Å²) in [5, 5.41) is 11.8. The van der Waals surface area contributed by atoms with Crippen molar-refractivity contribution in [1.29, 1.82) is 0 Å². The van der Waals surface area contributed by atoms with E-state index in [1.54, 1.807) is 18.3 Å². The van der Waals surface area contributed by atoms with Gasteiger partial charge >= 0.3 is 6.36 Å². The molecule has 3 N–H and O–H groups in total. The summed E-state index contributed by atoms with van der Waals surface area (Å²) in [6.07, 6.45) is 0.365. The summed E-state index contributed by atoms with van der Waals surface area (Å²) < 4.78 is 40.8. The van der Waals surface area contributed by atoms with E-state index in [2.05, 4.69) is 25.2 Å². The molecule has 3 aromatic rings. The Bertz CT molecular complexity index is 1010. The molecule has 0 fully saturated rings. The highest BCUT2D eigenvalue weighted by Gasteiger charge is 2.31. The van der Waals surface area contributed by atoms with Crippen LogP contribution in [0.2, 0.25) is 0 Å². The number of nitrogens with two attached hydrogens (primary N) is 1. The van der Waals surface area contributed by atoms with Gasteiger partial charge in [0.25, 0.3) is 0 Å². The van der Waals surface area contributed by atoms with Gasteiger partial charge in [0.05, 0.1) is 6.42 Å². The van der Waals surface area contributed by atoms with Crippen molar-refractivity contribution in [2.24, 2.45) is 0 Å². The van der Waals surface area contributed by atoms with Crippen LogP contribution in [0.15, 0.2) is 42.6 Å². The Labute approximate surface area is 180 Å². The molecule has 0 aliphatic carbocycles. The number of aromatic nitrogens is 3. The van der Waals surface area contributed by atoms with E-state index in [0.29, 0.717) is 16.5 Å². The van der Waals surface area contributed by atoms with Crippen molar-refractivity contribution < 1.29 is 22.7 Å². The van der Waals surface area contributed by atoms with Gasteiger partial charge in [-0.05, 0) is 48.6 Å². The normalized spacial score (nSPS) is 11.3. The molecule has 1 amide bonds. The largest absolute Gasteiger partial charge is 0.573 e. The van der Waals surface area contributed by atoms with Gasteiger partial charge in [-0.3, -0.25) is 4.79 Å². The van der Waals surface area contributed by atoms with Crippen LogP contribution in [0.3, 0.4) is 0 Å². The van der Waals surface area contributed by atoms with Gasteiger partial charge in [0.1, 0.15) is 16.6 Å². The molecule has 7 nitrogen and oxygen atoms in total. The molecule has 11 heteroatoms. The number of pyridine rings is 1. The first-order chi connectivity index (χ1) is 14.8. The summed E-state index contributed by atoms with van der Waals surface area (Å²) in [6.45, 7) is 0. The predicted molar refractivity (Wildman–Crippen MR) is 111 cm³/mol. The Morgan fingerprint density at radius 1 is 1.10 bits per heavy atom. The van der Waals surface area contributed by atoms with Crippen molar-refractivity contribution >= 4 is 28.2 Å². The second kappa shape index (κ2) is 10.2. The number of nitrogens with one attached hydrogen (secondary N) is 1. The number of ether oxygens (including phenoxy) is 1. The van der Waals surface area contributed by atoms with Crippen molar-refractivity contribution in [2.45, 2.75) is 38.5 Å². The number of rotatable bonds is 9. The second-order valence-electron chi connectivity index (χ2n) is 6.71. The smallest absolute Gasteiger partial charge is 0.406 e. The Morgan fingerprint density at radius 2 is 1.90 bits per heavy atom. The average Bonchev–Trinajstić information content (AvgIpc) is 3.10. The molecule has 0 bridgehead atoms. The van der Waals surface area contributed by atoms with Crippen molar-refractivity contribution in [3.8, 4) is 5.75 Å². The number of nitrogens with zero attached hydrogens (tertiary/aromatic N) is 3. The van der Waals surface area contributed by atoms with E-state index in [-0.39, 0.29) is 18.1 Å². The lowest BCUT2D eigenvalue weighted by molar-refractivity contribution is -0.274. The zero-order valence-corrected chi connectivity index (χ0v) is 17.2. The summed E-state index contributed by atoms with van der Waals surface area (Å²) in [6, 6.07) is 8.88. The van der Waals surface area contributed by atoms with Gasteiger partial charge in [-0.2, -0.15) is 0 Å². The third-order valence-electron chi connectivity index (χ3n) is 4.18. The van der Waals surface area contributed by atoms with Crippen LogP contribution >= 0.6 is 11.3 Å². The summed E-state index contributed by atoms with van der Waals surface area (Å²) in [5.41, 5.74) is 6.98. The van der Waals surface area contributed by atoms with E-state index in [1.165, 1.54) is 29.5 Å². The molecule has 3 rings (SSSR count). The van der Waals surface area contributed by atoms with Gasteiger partial charge in [0.15, 0.2) is 0 Å². The standard InChI is InChI=1S/C20H20F3N5O2S/c21-20(22,23)30-15-6-3-5-14(10-15)11-17(29)26-16-9-8-13(12-25-16)4-1-2-7-18-27-28-19(24)31-18/h3,5-6,8-10,12H,1-2,4,7,11H2,(H2,24,28)(H,25,26,29). The molecular formula is C20H20F3N5O2S. The van der Waals surface area contributed by atoms with Crippen molar-refractivity contribution in [2.75, 3.05) is 11.1 Å². The molecule has 0 aliphatic rings. The molecule has 2 heterocycles. The van der Waals surface area contributed by atoms with Crippen molar-refractivity contribution in [3.63, 3.8) is 0 Å². The molecule has 0 aliphatic heterocycles. The molecule has 31 heavy (non-hydrogen) atoms. The third kappa shape index (κ3) is 7.85. The number of carbonyl (C=O) groups excluding carboxylic acids is 1. The Balaban J connectivity index is 1.44. The maximum absolute atomic E-state index is 12.3. The highest BCUT2D eigenvalue weighted by atomic mass is 32.1. The Hall–Kier alpha value is -3.21. The number of hydrogen-bond acceptors (Lipinski definition) is 7. The number of unbranched alkanes of at least 4 members (excludes halogenated alkanes) is 1. The SMILES string of the molecule is Nc1nnc(CCCCc2ccc(NC(=O)Cc3cccc(OC(F)(F)F)c3)nc2)s1. The molecule has 0 saturated heterocycles. The number of halogens is 3. The van der Waals surface area contributed by atoms with Crippen molar-refractivity contribution in [3.05, 3.63) is 58.7 Å². The van der Waals surface area contributed by atoms with Crippen LogP contribution in [0, 0.1) is 0 Å². The lowest BCUT2D eigenvalue weighted by Crippen LogP contribution is -2.18. The summed E-state index contributed by atoms with van der Waals surface area (Å²) in [5.74, 6) is -0.378. The second-order valence-corrected chi connectivity index (χ2v) is 7.81. The van der Waals surface area contributed by atoms with E-state index in [1.807, 2.05) is 6.07 Å². The average molecular weight is 451 g/mol. The number of anilines is 2. The number of nitrogen functional groups attached to an aromatic ring is 1. The number of benzene rings is 1. The molecule has 0 unspecified atom stereocenters. The van der Waals surface area contributed by atoms with Gasteiger partial charge in [-0.15, -0.1) is 23.4 Å². The zero-order chi connectivity index (χ0) is 22.3. The van der Waals surface area contributed by atoms with E-state index in [0.717, 1.165) is 36.3 Å². The third-order valence-corrected chi connectivity index (χ3v) is 4.99. The first-order valence-corrected chi connectivity index (χ1v) is 10.3. The fourth-order valence-electron chi connectivity index (χ4n) is 2.84. The summed E-state index contributed by atoms with van der Waals surface area (Å²) in [4.78, 5) is 16.4. The quantitative estimate of drug-likeness (QED) is 0.474. The number of hydrogen-bond donors (Lipinski definition) is 2. The Morgan fingerprint density at radius 3 is 2.58 bits per heavy atom. The molecule has 164 valence electrons. The monoisotopic (exact) mass is 451 g/mol. The fourth-order valence-corrected chi connectivity index (χ4v) is 3.50. The van der Waals surface area contributed by atoms with Crippen LogP contribution in [0.4, 0.5) is 24.1 Å². The highest BCUT2D eigenvalue weighted by Crippen LogP contribution is 2.23. The van der Waals surface area contributed by atoms with Gasteiger partial charge in [0, 0.05) is 12.6 Å². The maximum Gasteiger partial charge on any atom is 0.573 e. The van der Waals surface area contributed by atoms with Gasteiger partial charge in [0.2, 0.25) is 11.0 Å². The van der Waals surface area contributed by atoms with E-state index < -0.39 is 6.36 Å². The van der Waals surface area contributed by atoms with Crippen LogP contribution in [-0.2, 0) is 24.1 Å². The van der Waals surface area contributed by atoms with E-state index in [9.17, 15) is 18.0 Å². The number of aryl methyl sites for hydroxylation is 2. The van der Waals surface area contributed by atoms with Crippen LogP contribution in [-0.4, -0.2) is 27.5 Å². The number of carbonyl (C=O) groups is 1. The molecular weight excluding hydrogens is 431 g/mol. The van der Waals surface area contributed by atoms with Crippen LogP contribution in [0.1, 0.15) is 29.0 Å². The minimum absolute atomic E-state index is 0.103. The first kappa shape index (κ1) is 22.5. The van der Waals surface area contributed by atoms with E-state index >= 15 is 0 Å². The number of alkyl halides is 3. The van der Waals surface area contributed by atoms with Crippen LogP contribution in [0.5, 0.6) is 5.75 Å². The lowest BCUT2D eigenvalue weighted by Gasteiger charge is -2.10. The highest BCUT2D eigenvalue weighted by molar-refractivity contribution is 7.15. The molecule has 1 aromatic carbocycles. The molecule has 0 saturated carbocycles. The summed E-state index contributed by atoms with van der Waals surface area (Å²) in [7, 11) is 0. The maximum atomic E-state index is 12.3. The first-order valence-electron chi connectivity index (χ1n) is 9.44. The van der Waals surface area contributed by atoms with Crippen LogP contribution in [0.25, 0.3) is 0 Å². The predicted octanol–water partition coefficient (Wildman–Crippen LogP) is 4.16. The molecule has 0 radical (unpaired) electrons. The minimum Gasteiger partial charge on any atom is -0.406 e. The van der Waals surface area contributed by atoms with Gasteiger partial charge in [-0.25, -0.2) is 4.98 Å². The topological polar surface area (TPSA) is 103 Å². The molecule has 2 aromatic heterocycles. The van der Waals surface area contributed by atoms with Gasteiger partial charge < -0.3 is 15.8 Å². The molecule has 0 atom stereocenters. The van der Waals surface area contributed by atoms with Gasteiger partial charge in [-0.1, -0.05) is 29.5 Å². The minimum atomic E-state index is -4.78. The molecule has 0 spiro atoms. The fraction of sp³-hybridized carbons (Fsp3) is 0.300. The van der Waals surface area contributed by atoms with Crippen molar-refractivity contribution in [1.82, 2.24) is 15.2 Å². The van der Waals surface area contributed by atoms with E-state index in [4.69, 9.17) is 5.73 Å². The summed E-state index contributed by atoms with van der Waals surface area (Å²) >= 11 is 1.39. The van der Waals surface area contributed by atoms with Crippen LogP contribution < -0.4 is 15.8 Å². The zero-order valence-electron chi connectivity index (χ0n) is 16.4. The Kier molecular flexibility index (Phi) is 7.40. The lowest BCUT2D eigenvalue weighted by atomic mass is 10.1.